The summed E-state index contributed by atoms with van der Waals surface area (Å²) in [6.45, 7) is 2.21. The minimum atomic E-state index is -0.427. The number of rotatable bonds is 6. The van der Waals surface area contributed by atoms with Crippen LogP contribution in [-0.2, 0) is 11.3 Å². The van der Waals surface area contributed by atoms with Gasteiger partial charge in [-0.2, -0.15) is 0 Å². The second-order valence-corrected chi connectivity index (χ2v) is 6.70. The molecule has 0 spiro atoms. The summed E-state index contributed by atoms with van der Waals surface area (Å²) >= 11 is 1.59. The fraction of sp³-hybridized carbons (Fsp3) is 0.150. The molecule has 0 N–H and O–H groups in total. The normalized spacial score (nSPS) is 10.5. The maximum atomic E-state index is 12.5. The number of hydrogen-bond acceptors (Lipinski definition) is 4. The second kappa shape index (κ2) is 7.93. The minimum absolute atomic E-state index is 0.0146. The average Bonchev–Trinajstić information content (AvgIpc) is 3.16. The molecule has 0 saturated heterocycles. The summed E-state index contributed by atoms with van der Waals surface area (Å²) in [7, 11) is 0. The van der Waals surface area contributed by atoms with E-state index in [9.17, 15) is 14.9 Å². The quantitative estimate of drug-likeness (QED) is 0.441. The molecular formula is C20H18N2O3S. The largest absolute Gasteiger partial charge is 0.307 e. The van der Waals surface area contributed by atoms with Crippen LogP contribution in [0.15, 0.2) is 66.0 Å². The van der Waals surface area contributed by atoms with Crippen molar-refractivity contribution in [1.82, 2.24) is 0 Å². The molecule has 0 aliphatic rings. The summed E-state index contributed by atoms with van der Waals surface area (Å²) in [6, 6.07) is 18.4. The van der Waals surface area contributed by atoms with Gasteiger partial charge in [-0.3, -0.25) is 14.9 Å². The van der Waals surface area contributed by atoms with E-state index in [1.165, 1.54) is 12.1 Å². The van der Waals surface area contributed by atoms with Crippen LogP contribution in [0.5, 0.6) is 0 Å². The Morgan fingerprint density at radius 1 is 1.12 bits per heavy atom. The van der Waals surface area contributed by atoms with E-state index in [0.29, 0.717) is 13.0 Å². The van der Waals surface area contributed by atoms with Gasteiger partial charge in [0.15, 0.2) is 0 Å². The van der Waals surface area contributed by atoms with E-state index in [1.54, 1.807) is 28.4 Å². The number of amides is 1. The predicted octanol–water partition coefficient (Wildman–Crippen LogP) is 5.27. The molecule has 0 aliphatic heterocycles. The van der Waals surface area contributed by atoms with Crippen molar-refractivity contribution in [2.45, 2.75) is 19.9 Å². The first-order chi connectivity index (χ1) is 12.6. The first-order valence-corrected chi connectivity index (χ1v) is 9.14. The van der Waals surface area contributed by atoms with Crippen LogP contribution in [0.2, 0.25) is 0 Å². The standard InChI is InChI=1S/C20H18N2O3S/c1-2-20(23)21(13-15-8-10-17(11-9-15)22(24)25)18-12-19(26-14-18)16-6-4-3-5-7-16/h3-12,14H,2,13H2,1H3. The number of nitro benzene ring substituents is 1. The molecule has 0 atom stereocenters. The van der Waals surface area contributed by atoms with Crippen LogP contribution in [0, 0.1) is 10.1 Å². The molecule has 2 aromatic carbocycles. The van der Waals surface area contributed by atoms with Gasteiger partial charge in [0.25, 0.3) is 5.69 Å². The lowest BCUT2D eigenvalue weighted by Crippen LogP contribution is -2.29. The summed E-state index contributed by atoms with van der Waals surface area (Å²) in [6.07, 6.45) is 0.392. The molecule has 0 aliphatic carbocycles. The lowest BCUT2D eigenvalue weighted by Gasteiger charge is -2.21. The number of nitro groups is 1. The molecule has 0 radical (unpaired) electrons. The highest BCUT2D eigenvalue weighted by molar-refractivity contribution is 7.14. The molecule has 26 heavy (non-hydrogen) atoms. The monoisotopic (exact) mass is 366 g/mol. The van der Waals surface area contributed by atoms with Crippen LogP contribution in [0.3, 0.4) is 0 Å². The molecular weight excluding hydrogens is 348 g/mol. The van der Waals surface area contributed by atoms with Crippen molar-refractivity contribution in [2.24, 2.45) is 0 Å². The molecule has 0 saturated carbocycles. The van der Waals surface area contributed by atoms with E-state index in [-0.39, 0.29) is 11.6 Å². The Morgan fingerprint density at radius 3 is 2.42 bits per heavy atom. The van der Waals surface area contributed by atoms with E-state index in [2.05, 4.69) is 0 Å². The lowest BCUT2D eigenvalue weighted by molar-refractivity contribution is -0.384. The zero-order valence-corrected chi connectivity index (χ0v) is 15.1. The van der Waals surface area contributed by atoms with Crippen molar-refractivity contribution < 1.29 is 9.72 Å². The lowest BCUT2D eigenvalue weighted by atomic mass is 10.1. The number of anilines is 1. The molecule has 3 rings (SSSR count). The maximum Gasteiger partial charge on any atom is 0.269 e. The molecule has 5 nitrogen and oxygen atoms in total. The molecule has 1 aromatic heterocycles. The van der Waals surface area contributed by atoms with Gasteiger partial charge in [0.2, 0.25) is 5.91 Å². The van der Waals surface area contributed by atoms with Crippen LogP contribution in [0.4, 0.5) is 11.4 Å². The molecule has 0 unspecified atom stereocenters. The smallest absolute Gasteiger partial charge is 0.269 e. The van der Waals surface area contributed by atoms with Gasteiger partial charge in [0.1, 0.15) is 0 Å². The van der Waals surface area contributed by atoms with Crippen molar-refractivity contribution in [3.05, 3.63) is 81.7 Å². The summed E-state index contributed by atoms with van der Waals surface area (Å²) in [5.74, 6) is 0.0146. The molecule has 6 heteroatoms. The first-order valence-electron chi connectivity index (χ1n) is 8.26. The Morgan fingerprint density at radius 2 is 1.81 bits per heavy atom. The van der Waals surface area contributed by atoms with Crippen molar-refractivity contribution in [3.63, 3.8) is 0 Å². The molecule has 0 bridgehead atoms. The third kappa shape index (κ3) is 3.97. The number of hydrogen-bond donors (Lipinski definition) is 0. The van der Waals surface area contributed by atoms with E-state index in [4.69, 9.17) is 0 Å². The SMILES string of the molecule is CCC(=O)N(Cc1ccc([N+](=O)[O-])cc1)c1csc(-c2ccccc2)c1. The zero-order chi connectivity index (χ0) is 18.5. The van der Waals surface area contributed by atoms with Gasteiger partial charge in [-0.25, -0.2) is 0 Å². The van der Waals surface area contributed by atoms with Crippen molar-refractivity contribution in [2.75, 3.05) is 4.90 Å². The summed E-state index contributed by atoms with van der Waals surface area (Å²) in [5.41, 5.74) is 2.86. The number of benzene rings is 2. The highest BCUT2D eigenvalue weighted by Crippen LogP contribution is 2.32. The number of nitrogens with zero attached hydrogens (tertiary/aromatic N) is 2. The second-order valence-electron chi connectivity index (χ2n) is 5.79. The van der Waals surface area contributed by atoms with Crippen molar-refractivity contribution >= 4 is 28.6 Å². The Hall–Kier alpha value is -2.99. The van der Waals surface area contributed by atoms with Crippen molar-refractivity contribution in [3.8, 4) is 10.4 Å². The Balaban J connectivity index is 1.86. The third-order valence-corrected chi connectivity index (χ3v) is 5.01. The molecule has 132 valence electrons. The predicted molar refractivity (Wildman–Crippen MR) is 104 cm³/mol. The topological polar surface area (TPSA) is 63.5 Å². The summed E-state index contributed by atoms with van der Waals surface area (Å²) < 4.78 is 0. The van der Waals surface area contributed by atoms with E-state index < -0.39 is 4.92 Å². The maximum absolute atomic E-state index is 12.5. The van der Waals surface area contributed by atoms with E-state index in [1.807, 2.05) is 48.7 Å². The fourth-order valence-electron chi connectivity index (χ4n) is 2.64. The highest BCUT2D eigenvalue weighted by Gasteiger charge is 2.17. The fourth-order valence-corrected chi connectivity index (χ4v) is 3.55. The molecule has 3 aromatic rings. The van der Waals surface area contributed by atoms with E-state index in [0.717, 1.165) is 21.7 Å². The number of thiophene rings is 1. The molecule has 1 heterocycles. The Labute approximate surface area is 155 Å². The number of carbonyl (C=O) groups excluding carboxylic acids is 1. The molecule has 0 fully saturated rings. The number of carbonyl (C=O) groups is 1. The van der Waals surface area contributed by atoms with Gasteiger partial charge in [0, 0.05) is 28.8 Å². The van der Waals surface area contributed by atoms with Gasteiger partial charge >= 0.3 is 0 Å². The minimum Gasteiger partial charge on any atom is -0.307 e. The van der Waals surface area contributed by atoms with Gasteiger partial charge < -0.3 is 4.90 Å². The first kappa shape index (κ1) is 17.8. The van der Waals surface area contributed by atoms with Crippen LogP contribution in [-0.4, -0.2) is 10.8 Å². The highest BCUT2D eigenvalue weighted by atomic mass is 32.1. The van der Waals surface area contributed by atoms with Crippen LogP contribution >= 0.6 is 11.3 Å². The summed E-state index contributed by atoms with van der Waals surface area (Å²) in [5, 5.41) is 12.8. The third-order valence-electron chi connectivity index (χ3n) is 4.05. The van der Waals surface area contributed by atoms with Crippen LogP contribution < -0.4 is 4.90 Å². The van der Waals surface area contributed by atoms with E-state index >= 15 is 0 Å². The van der Waals surface area contributed by atoms with Crippen molar-refractivity contribution in [1.29, 1.82) is 0 Å². The average molecular weight is 366 g/mol. The van der Waals surface area contributed by atoms with Crippen LogP contribution in [0.1, 0.15) is 18.9 Å². The van der Waals surface area contributed by atoms with Crippen LogP contribution in [0.25, 0.3) is 10.4 Å². The Kier molecular flexibility index (Phi) is 5.43. The zero-order valence-electron chi connectivity index (χ0n) is 14.3. The molecule has 1 amide bonds. The van der Waals surface area contributed by atoms with Gasteiger partial charge in [0.05, 0.1) is 17.2 Å². The Bertz CT molecular complexity index is 904. The van der Waals surface area contributed by atoms with Gasteiger partial charge in [-0.1, -0.05) is 49.4 Å². The number of non-ortho nitro benzene ring substituents is 1. The van der Waals surface area contributed by atoms with Gasteiger partial charge in [-0.05, 0) is 17.2 Å². The summed E-state index contributed by atoms with van der Waals surface area (Å²) in [4.78, 5) is 25.6. The van der Waals surface area contributed by atoms with Gasteiger partial charge in [-0.15, -0.1) is 11.3 Å².